The standard InChI is InChI=1S/C21H34N4O3/c1-15(2)16-5-7-18(8-6-16)28-14-20-19(22)4-3-10-25(20)21(27)13-24-11-9-17(26)12-23-24/h9,11-12,15-16,18-20H,3-8,10,13-14,22H2,1-2H3. The van der Waals surface area contributed by atoms with Crippen molar-refractivity contribution in [3.63, 3.8) is 0 Å². The van der Waals surface area contributed by atoms with Crippen molar-refractivity contribution >= 4 is 5.91 Å². The Bertz CT molecular complexity index is 677. The Morgan fingerprint density at radius 1 is 1.29 bits per heavy atom. The number of ether oxygens (including phenoxy) is 1. The Morgan fingerprint density at radius 3 is 2.68 bits per heavy atom. The van der Waals surface area contributed by atoms with Gasteiger partial charge < -0.3 is 15.4 Å². The lowest BCUT2D eigenvalue weighted by Crippen LogP contribution is -2.57. The molecular formula is C21H34N4O3. The highest BCUT2D eigenvalue weighted by Gasteiger charge is 2.33. The van der Waals surface area contributed by atoms with Crippen molar-refractivity contribution in [1.29, 1.82) is 0 Å². The molecule has 2 heterocycles. The van der Waals surface area contributed by atoms with E-state index in [1.807, 2.05) is 4.90 Å². The van der Waals surface area contributed by atoms with Gasteiger partial charge in [0.2, 0.25) is 5.91 Å². The van der Waals surface area contributed by atoms with Gasteiger partial charge in [0.05, 0.1) is 24.9 Å². The second-order valence-electron chi connectivity index (χ2n) is 8.63. The molecule has 1 aromatic rings. The number of rotatable bonds is 6. The number of hydrogen-bond acceptors (Lipinski definition) is 5. The highest BCUT2D eigenvalue weighted by molar-refractivity contribution is 5.76. The van der Waals surface area contributed by atoms with E-state index in [-0.39, 0.29) is 36.1 Å². The van der Waals surface area contributed by atoms with E-state index in [9.17, 15) is 9.59 Å². The van der Waals surface area contributed by atoms with Crippen LogP contribution in [0.1, 0.15) is 52.4 Å². The number of amides is 1. The molecule has 3 rings (SSSR count). The second-order valence-corrected chi connectivity index (χ2v) is 8.63. The Morgan fingerprint density at radius 2 is 2.04 bits per heavy atom. The van der Waals surface area contributed by atoms with Crippen LogP contribution < -0.4 is 11.2 Å². The van der Waals surface area contributed by atoms with E-state index in [1.54, 1.807) is 6.20 Å². The van der Waals surface area contributed by atoms with E-state index in [4.69, 9.17) is 10.5 Å². The summed E-state index contributed by atoms with van der Waals surface area (Å²) in [6.07, 6.45) is 9.50. The van der Waals surface area contributed by atoms with Crippen molar-refractivity contribution in [2.24, 2.45) is 17.6 Å². The normalized spacial score (nSPS) is 28.5. The maximum atomic E-state index is 12.9. The van der Waals surface area contributed by atoms with Crippen LogP contribution in [0.4, 0.5) is 0 Å². The van der Waals surface area contributed by atoms with E-state index in [1.165, 1.54) is 29.8 Å². The van der Waals surface area contributed by atoms with Crippen molar-refractivity contribution in [2.45, 2.75) is 77.1 Å². The van der Waals surface area contributed by atoms with Gasteiger partial charge in [0, 0.05) is 24.8 Å². The molecule has 2 N–H and O–H groups in total. The van der Waals surface area contributed by atoms with Crippen LogP contribution in [0.3, 0.4) is 0 Å². The quantitative estimate of drug-likeness (QED) is 0.800. The predicted molar refractivity (Wildman–Crippen MR) is 108 cm³/mol. The summed E-state index contributed by atoms with van der Waals surface area (Å²) in [6.45, 7) is 5.91. The molecule has 0 radical (unpaired) electrons. The summed E-state index contributed by atoms with van der Waals surface area (Å²) < 4.78 is 7.72. The molecule has 0 bridgehead atoms. The minimum atomic E-state index is -0.165. The topological polar surface area (TPSA) is 90.5 Å². The van der Waals surface area contributed by atoms with Gasteiger partial charge in [0.15, 0.2) is 5.43 Å². The molecule has 28 heavy (non-hydrogen) atoms. The van der Waals surface area contributed by atoms with E-state index in [2.05, 4.69) is 18.9 Å². The predicted octanol–water partition coefficient (Wildman–Crippen LogP) is 1.79. The van der Waals surface area contributed by atoms with Crippen molar-refractivity contribution in [3.05, 3.63) is 28.7 Å². The first-order valence-electron chi connectivity index (χ1n) is 10.6. The lowest BCUT2D eigenvalue weighted by atomic mass is 9.80. The molecule has 1 aliphatic heterocycles. The molecule has 2 unspecified atom stereocenters. The van der Waals surface area contributed by atoms with Gasteiger partial charge in [0.1, 0.15) is 6.54 Å². The highest BCUT2D eigenvalue weighted by atomic mass is 16.5. The first kappa shape index (κ1) is 21.0. The van der Waals surface area contributed by atoms with Crippen LogP contribution in [0.15, 0.2) is 23.3 Å². The second kappa shape index (κ2) is 9.65. The summed E-state index contributed by atoms with van der Waals surface area (Å²) in [5.74, 6) is 1.52. The number of nitrogens with zero attached hydrogens (tertiary/aromatic N) is 3. The summed E-state index contributed by atoms with van der Waals surface area (Å²) >= 11 is 0. The molecule has 1 aromatic heterocycles. The Labute approximate surface area is 167 Å². The summed E-state index contributed by atoms with van der Waals surface area (Å²) in [5.41, 5.74) is 6.20. The summed E-state index contributed by atoms with van der Waals surface area (Å²) in [5, 5.41) is 3.99. The third kappa shape index (κ3) is 5.41. The van der Waals surface area contributed by atoms with Crippen LogP contribution >= 0.6 is 0 Å². The molecular weight excluding hydrogens is 356 g/mol. The maximum absolute atomic E-state index is 12.9. The number of likely N-dealkylation sites (tertiary alicyclic amines) is 1. The zero-order valence-corrected chi connectivity index (χ0v) is 17.1. The molecule has 0 spiro atoms. The van der Waals surface area contributed by atoms with E-state index < -0.39 is 0 Å². The van der Waals surface area contributed by atoms with Gasteiger partial charge in [-0.3, -0.25) is 14.3 Å². The highest BCUT2D eigenvalue weighted by Crippen LogP contribution is 2.31. The average molecular weight is 391 g/mol. The number of nitrogens with two attached hydrogens (primary N) is 1. The zero-order valence-electron chi connectivity index (χ0n) is 17.1. The van der Waals surface area contributed by atoms with Gasteiger partial charge in [-0.15, -0.1) is 0 Å². The smallest absolute Gasteiger partial charge is 0.244 e. The van der Waals surface area contributed by atoms with Crippen LogP contribution in [0.2, 0.25) is 0 Å². The number of carbonyl (C=O) groups is 1. The largest absolute Gasteiger partial charge is 0.376 e. The molecule has 1 saturated heterocycles. The van der Waals surface area contributed by atoms with E-state index >= 15 is 0 Å². The first-order valence-corrected chi connectivity index (χ1v) is 10.6. The molecule has 7 nitrogen and oxygen atoms in total. The van der Waals surface area contributed by atoms with E-state index in [0.29, 0.717) is 13.2 Å². The van der Waals surface area contributed by atoms with Crippen molar-refractivity contribution < 1.29 is 9.53 Å². The van der Waals surface area contributed by atoms with Gasteiger partial charge in [-0.2, -0.15) is 5.10 Å². The third-order valence-corrected chi connectivity index (χ3v) is 6.36. The van der Waals surface area contributed by atoms with Crippen molar-refractivity contribution in [2.75, 3.05) is 13.2 Å². The van der Waals surface area contributed by atoms with Gasteiger partial charge in [0.25, 0.3) is 0 Å². The molecule has 7 heteroatoms. The van der Waals surface area contributed by atoms with Crippen LogP contribution in [-0.4, -0.2) is 51.9 Å². The third-order valence-electron chi connectivity index (χ3n) is 6.36. The SMILES string of the molecule is CC(C)C1CCC(OCC2C(N)CCCN2C(=O)Cn2ccc(=O)cn2)CC1. The summed E-state index contributed by atoms with van der Waals surface area (Å²) in [6, 6.07) is 1.26. The minimum absolute atomic E-state index is 0.0246. The molecule has 1 amide bonds. The first-order chi connectivity index (χ1) is 13.4. The number of piperidine rings is 1. The molecule has 1 saturated carbocycles. The van der Waals surface area contributed by atoms with Crippen LogP contribution in [0, 0.1) is 11.8 Å². The molecule has 1 aliphatic carbocycles. The lowest BCUT2D eigenvalue weighted by molar-refractivity contribution is -0.139. The van der Waals surface area contributed by atoms with Crippen LogP contribution in [-0.2, 0) is 16.1 Å². The fraction of sp³-hybridized carbons (Fsp3) is 0.762. The maximum Gasteiger partial charge on any atom is 0.244 e. The zero-order chi connectivity index (χ0) is 20.1. The fourth-order valence-corrected chi connectivity index (χ4v) is 4.46. The fourth-order valence-electron chi connectivity index (χ4n) is 4.46. The molecule has 2 atom stereocenters. The van der Waals surface area contributed by atoms with Gasteiger partial charge in [-0.25, -0.2) is 0 Å². The summed E-state index contributed by atoms with van der Waals surface area (Å²) in [7, 11) is 0. The molecule has 0 aromatic carbocycles. The van der Waals surface area contributed by atoms with Gasteiger partial charge in [-0.1, -0.05) is 13.8 Å². The number of hydrogen-bond donors (Lipinski definition) is 1. The van der Waals surface area contributed by atoms with Crippen LogP contribution in [0.25, 0.3) is 0 Å². The van der Waals surface area contributed by atoms with E-state index in [0.717, 1.165) is 37.5 Å². The molecule has 2 fully saturated rings. The molecule has 156 valence electrons. The number of aromatic nitrogens is 2. The molecule has 2 aliphatic rings. The lowest BCUT2D eigenvalue weighted by Gasteiger charge is -2.41. The van der Waals surface area contributed by atoms with Gasteiger partial charge >= 0.3 is 0 Å². The van der Waals surface area contributed by atoms with Crippen molar-refractivity contribution in [1.82, 2.24) is 14.7 Å². The minimum Gasteiger partial charge on any atom is -0.376 e. The number of carbonyl (C=O) groups excluding carboxylic acids is 1. The van der Waals surface area contributed by atoms with Crippen LogP contribution in [0.5, 0.6) is 0 Å². The Kier molecular flexibility index (Phi) is 7.24. The Balaban J connectivity index is 1.55. The van der Waals surface area contributed by atoms with Crippen molar-refractivity contribution in [3.8, 4) is 0 Å². The monoisotopic (exact) mass is 390 g/mol. The summed E-state index contributed by atoms with van der Waals surface area (Å²) in [4.78, 5) is 25.9. The average Bonchev–Trinajstić information content (AvgIpc) is 2.69. The van der Waals surface area contributed by atoms with Gasteiger partial charge in [-0.05, 0) is 50.4 Å². The Hall–Kier alpha value is -1.73.